The van der Waals surface area contributed by atoms with E-state index in [2.05, 4.69) is 10.1 Å². The highest BCUT2D eigenvalue weighted by Crippen LogP contribution is 2.27. The van der Waals surface area contributed by atoms with Gasteiger partial charge in [0.25, 0.3) is 0 Å². The van der Waals surface area contributed by atoms with E-state index in [0.717, 1.165) is 35.1 Å². The number of carbonyl (C=O) groups excluding carboxylic acids is 2. The fraction of sp³-hybridized carbons (Fsp3) is 0.350. The quantitative estimate of drug-likeness (QED) is 0.772. The maximum Gasteiger partial charge on any atom is 0.227 e. The number of H-pyrrole nitrogens is 1. The van der Waals surface area contributed by atoms with E-state index in [1.54, 1.807) is 11.1 Å². The number of hydrogen-bond donors (Lipinski definition) is 1. The van der Waals surface area contributed by atoms with Crippen LogP contribution >= 0.6 is 0 Å². The second kappa shape index (κ2) is 6.26. The Hall–Kier alpha value is -3.09. The molecule has 7 nitrogen and oxygen atoms in total. The molecule has 0 radical (unpaired) electrons. The summed E-state index contributed by atoms with van der Waals surface area (Å²) in [6.45, 7) is 2.09. The van der Waals surface area contributed by atoms with Crippen LogP contribution in [0.5, 0.6) is 0 Å². The number of hydrogen-bond acceptors (Lipinski definition) is 3. The summed E-state index contributed by atoms with van der Waals surface area (Å²) in [5, 5.41) is 5.51. The van der Waals surface area contributed by atoms with Gasteiger partial charge in [0, 0.05) is 49.4 Å². The second-order valence-electron chi connectivity index (χ2n) is 7.32. The summed E-state index contributed by atoms with van der Waals surface area (Å²) in [4.78, 5) is 31.3. The van der Waals surface area contributed by atoms with E-state index in [9.17, 15) is 9.59 Å². The van der Waals surface area contributed by atoms with Crippen LogP contribution in [0.2, 0.25) is 0 Å². The first-order chi connectivity index (χ1) is 13.2. The molecule has 2 aromatic heterocycles. The SMILES string of the molecule is O=C(Cc1c[nH]c2ccccc12)N1CC(n2cc(N3CCCC3=O)cn2)C1. The van der Waals surface area contributed by atoms with E-state index in [-0.39, 0.29) is 17.9 Å². The minimum atomic E-state index is 0.137. The van der Waals surface area contributed by atoms with Gasteiger partial charge in [0.2, 0.25) is 11.8 Å². The van der Waals surface area contributed by atoms with Crippen LogP contribution < -0.4 is 4.90 Å². The van der Waals surface area contributed by atoms with Crippen molar-refractivity contribution in [3.05, 3.63) is 48.4 Å². The van der Waals surface area contributed by atoms with Crippen LogP contribution in [-0.4, -0.2) is 51.1 Å². The van der Waals surface area contributed by atoms with Gasteiger partial charge >= 0.3 is 0 Å². The molecule has 27 heavy (non-hydrogen) atoms. The molecule has 7 heteroatoms. The van der Waals surface area contributed by atoms with Crippen molar-refractivity contribution in [2.24, 2.45) is 0 Å². The third-order valence-electron chi connectivity index (χ3n) is 5.58. The number of anilines is 1. The number of likely N-dealkylation sites (tertiary alicyclic amines) is 1. The zero-order chi connectivity index (χ0) is 18.4. The summed E-state index contributed by atoms with van der Waals surface area (Å²) >= 11 is 0. The van der Waals surface area contributed by atoms with Crippen molar-refractivity contribution >= 4 is 28.4 Å². The lowest BCUT2D eigenvalue weighted by Gasteiger charge is -2.39. The van der Waals surface area contributed by atoms with Gasteiger partial charge in [-0.2, -0.15) is 5.10 Å². The number of rotatable bonds is 4. The highest BCUT2D eigenvalue weighted by Gasteiger charge is 2.33. The molecule has 2 aliphatic heterocycles. The van der Waals surface area contributed by atoms with E-state index in [1.165, 1.54) is 0 Å². The Morgan fingerprint density at radius 2 is 2.11 bits per heavy atom. The van der Waals surface area contributed by atoms with E-state index < -0.39 is 0 Å². The molecule has 2 amide bonds. The molecule has 0 bridgehead atoms. The lowest BCUT2D eigenvalue weighted by molar-refractivity contribution is -0.136. The van der Waals surface area contributed by atoms with E-state index in [0.29, 0.717) is 25.9 Å². The number of amides is 2. The molecule has 0 aliphatic carbocycles. The van der Waals surface area contributed by atoms with Gasteiger partial charge in [-0.25, -0.2) is 0 Å². The number of nitrogens with one attached hydrogen (secondary N) is 1. The summed E-state index contributed by atoms with van der Waals surface area (Å²) in [5.41, 5.74) is 2.95. The summed E-state index contributed by atoms with van der Waals surface area (Å²) in [6, 6.07) is 8.22. The smallest absolute Gasteiger partial charge is 0.227 e. The molecule has 2 saturated heterocycles. The first kappa shape index (κ1) is 16.1. The van der Waals surface area contributed by atoms with Crippen molar-refractivity contribution in [3.63, 3.8) is 0 Å². The molecule has 5 rings (SSSR count). The fourth-order valence-corrected chi connectivity index (χ4v) is 3.97. The molecule has 0 saturated carbocycles. The molecule has 2 fully saturated rings. The number of aromatic nitrogens is 3. The number of benzene rings is 1. The third-order valence-corrected chi connectivity index (χ3v) is 5.58. The molecular weight excluding hydrogens is 342 g/mol. The van der Waals surface area contributed by atoms with E-state index in [4.69, 9.17) is 0 Å². The number of aromatic amines is 1. The van der Waals surface area contributed by atoms with Crippen molar-refractivity contribution in [2.75, 3.05) is 24.5 Å². The monoisotopic (exact) mass is 363 g/mol. The summed E-state index contributed by atoms with van der Waals surface area (Å²) in [7, 11) is 0. The molecule has 2 aliphatic rings. The zero-order valence-corrected chi connectivity index (χ0v) is 15.0. The van der Waals surface area contributed by atoms with Gasteiger partial charge in [-0.3, -0.25) is 14.3 Å². The molecule has 0 spiro atoms. The highest BCUT2D eigenvalue weighted by molar-refractivity contribution is 5.95. The van der Waals surface area contributed by atoms with E-state index >= 15 is 0 Å². The Bertz CT molecular complexity index is 1010. The van der Waals surface area contributed by atoms with Crippen LogP contribution in [0.15, 0.2) is 42.9 Å². The molecule has 0 unspecified atom stereocenters. The average Bonchev–Trinajstić information content (AvgIpc) is 3.34. The standard InChI is InChI=1S/C20H21N5O2/c26-19-6-3-7-24(19)15-10-22-25(13-15)16-11-23(12-16)20(27)8-14-9-21-18-5-2-1-4-17(14)18/h1-2,4-5,9-10,13,16,21H,3,6-8,11-12H2. The van der Waals surface area contributed by atoms with Gasteiger partial charge in [-0.05, 0) is 18.1 Å². The number of para-hydroxylation sites is 1. The average molecular weight is 363 g/mol. The largest absolute Gasteiger partial charge is 0.361 e. The minimum Gasteiger partial charge on any atom is -0.361 e. The van der Waals surface area contributed by atoms with Crippen molar-refractivity contribution in [1.82, 2.24) is 19.7 Å². The topological polar surface area (TPSA) is 74.2 Å². The molecule has 1 N–H and O–H groups in total. The number of carbonyl (C=O) groups is 2. The Labute approximate surface area is 156 Å². The summed E-state index contributed by atoms with van der Waals surface area (Å²) < 4.78 is 1.89. The predicted octanol–water partition coefficient (Wildman–Crippen LogP) is 2.12. The molecular formula is C20H21N5O2. The fourth-order valence-electron chi connectivity index (χ4n) is 3.97. The van der Waals surface area contributed by atoms with Gasteiger partial charge in [0.15, 0.2) is 0 Å². The van der Waals surface area contributed by atoms with Crippen LogP contribution in [0, 0.1) is 0 Å². The first-order valence-electron chi connectivity index (χ1n) is 9.36. The van der Waals surface area contributed by atoms with Crippen LogP contribution in [0.3, 0.4) is 0 Å². The van der Waals surface area contributed by atoms with Gasteiger partial charge in [0.05, 0.1) is 24.3 Å². The van der Waals surface area contributed by atoms with Crippen molar-refractivity contribution in [1.29, 1.82) is 0 Å². The lowest BCUT2D eigenvalue weighted by atomic mass is 10.1. The maximum atomic E-state index is 12.6. The van der Waals surface area contributed by atoms with Crippen LogP contribution in [0.4, 0.5) is 5.69 Å². The Kier molecular flexibility index (Phi) is 3.74. The lowest BCUT2D eigenvalue weighted by Crippen LogP contribution is -2.51. The normalized spacial score (nSPS) is 17.7. The second-order valence-corrected chi connectivity index (χ2v) is 7.32. The summed E-state index contributed by atoms with van der Waals surface area (Å²) in [5.74, 6) is 0.303. The van der Waals surface area contributed by atoms with Crippen molar-refractivity contribution in [2.45, 2.75) is 25.3 Å². The third kappa shape index (κ3) is 2.79. The molecule has 138 valence electrons. The molecule has 3 aromatic rings. The number of fused-ring (bicyclic) bond motifs is 1. The molecule has 1 aromatic carbocycles. The van der Waals surface area contributed by atoms with Gasteiger partial charge < -0.3 is 14.8 Å². The Morgan fingerprint density at radius 3 is 2.93 bits per heavy atom. The zero-order valence-electron chi connectivity index (χ0n) is 15.0. The van der Waals surface area contributed by atoms with E-state index in [1.807, 2.05) is 46.2 Å². The highest BCUT2D eigenvalue weighted by atomic mass is 16.2. The van der Waals surface area contributed by atoms with Gasteiger partial charge in [-0.15, -0.1) is 0 Å². The number of nitrogens with zero attached hydrogens (tertiary/aromatic N) is 4. The van der Waals surface area contributed by atoms with Crippen molar-refractivity contribution in [3.8, 4) is 0 Å². The maximum absolute atomic E-state index is 12.6. The van der Waals surface area contributed by atoms with Gasteiger partial charge in [-0.1, -0.05) is 18.2 Å². The molecule has 4 heterocycles. The van der Waals surface area contributed by atoms with Crippen molar-refractivity contribution < 1.29 is 9.59 Å². The molecule has 0 atom stereocenters. The van der Waals surface area contributed by atoms with Crippen LogP contribution in [0.25, 0.3) is 10.9 Å². The van der Waals surface area contributed by atoms with Crippen LogP contribution in [-0.2, 0) is 16.0 Å². The Morgan fingerprint density at radius 1 is 1.26 bits per heavy atom. The van der Waals surface area contributed by atoms with Crippen LogP contribution in [0.1, 0.15) is 24.4 Å². The summed E-state index contributed by atoms with van der Waals surface area (Å²) in [6.07, 6.45) is 7.53. The minimum absolute atomic E-state index is 0.137. The van der Waals surface area contributed by atoms with Gasteiger partial charge in [0.1, 0.15) is 0 Å². The predicted molar refractivity (Wildman–Crippen MR) is 101 cm³/mol. The first-order valence-corrected chi connectivity index (χ1v) is 9.36. The Balaban J connectivity index is 1.21.